The van der Waals surface area contributed by atoms with Gasteiger partial charge in [-0.3, -0.25) is 9.48 Å². The first kappa shape index (κ1) is 29.2. The van der Waals surface area contributed by atoms with Crippen molar-refractivity contribution in [3.8, 4) is 0 Å². The number of halogens is 3. The van der Waals surface area contributed by atoms with E-state index in [1.165, 1.54) is 0 Å². The molecule has 10 heteroatoms. The number of amides is 1. The summed E-state index contributed by atoms with van der Waals surface area (Å²) in [4.78, 5) is 17.2. The molecular weight excluding hydrogens is 445 g/mol. The Kier molecular flexibility index (Phi) is 10.8. The average Bonchev–Trinajstić information content (AvgIpc) is 3.39. The Labute approximate surface area is 199 Å². The molecule has 0 bridgehead atoms. The van der Waals surface area contributed by atoms with Gasteiger partial charge in [-0.1, -0.05) is 40.3 Å². The molecule has 0 saturated heterocycles. The van der Waals surface area contributed by atoms with Crippen LogP contribution in [0, 0.1) is 0 Å². The number of nitrogens with zero attached hydrogens (tertiary/aromatic N) is 4. The Morgan fingerprint density at radius 2 is 1.94 bits per heavy atom. The van der Waals surface area contributed by atoms with E-state index in [9.17, 15) is 18.0 Å². The van der Waals surface area contributed by atoms with Crippen LogP contribution >= 0.6 is 0 Å². The highest BCUT2D eigenvalue weighted by Gasteiger charge is 2.33. The standard InChI is InChI=1S/C22H31F3N6O.C2H6/c1-6-8-9-31-17(12-27-19(31)15(3)7-2)10-18(26)20(32)29-21(4,5)14-30-13-16(11-28-30)22(23,24)25;1-2/h6,8-9,11-13,15,18H,1,7,10,14,26H2,2-5H3,(H,29,32);1-2H3/b9-8-;/t15?,18-;/m1./s1. The van der Waals surface area contributed by atoms with Gasteiger partial charge in [-0.15, -0.1) is 0 Å². The minimum Gasteiger partial charge on any atom is -0.348 e. The SMILES string of the molecule is C=C/C=C\n1c(C[C@@H](N)C(=O)NC(C)(C)Cn2cc(C(F)(F)F)cn2)cnc1C(C)CC.CC. The number of hydrogen-bond donors (Lipinski definition) is 2. The number of aromatic nitrogens is 4. The zero-order valence-electron chi connectivity index (χ0n) is 20.9. The fraction of sp³-hybridized carbons (Fsp3) is 0.542. The number of allylic oxidation sites excluding steroid dienone is 2. The van der Waals surface area contributed by atoms with E-state index in [4.69, 9.17) is 5.73 Å². The minimum atomic E-state index is -4.47. The molecule has 34 heavy (non-hydrogen) atoms. The summed E-state index contributed by atoms with van der Waals surface area (Å²) in [7, 11) is 0. The topological polar surface area (TPSA) is 90.8 Å². The third-order valence-corrected chi connectivity index (χ3v) is 5.07. The molecule has 0 aliphatic carbocycles. The lowest BCUT2D eigenvalue weighted by Crippen LogP contribution is -2.53. The van der Waals surface area contributed by atoms with Crippen molar-refractivity contribution in [2.24, 2.45) is 5.73 Å². The number of alkyl halides is 3. The molecule has 0 spiro atoms. The van der Waals surface area contributed by atoms with Gasteiger partial charge in [0.15, 0.2) is 0 Å². The van der Waals surface area contributed by atoms with Crippen molar-refractivity contribution in [2.45, 2.75) is 84.6 Å². The molecule has 7 nitrogen and oxygen atoms in total. The van der Waals surface area contributed by atoms with E-state index in [1.807, 2.05) is 24.6 Å². The summed E-state index contributed by atoms with van der Waals surface area (Å²) in [5, 5.41) is 6.55. The maximum Gasteiger partial charge on any atom is 0.419 e. The highest BCUT2D eigenvalue weighted by Crippen LogP contribution is 2.28. The molecular formula is C24H37F3N6O. The monoisotopic (exact) mass is 482 g/mol. The predicted octanol–water partition coefficient (Wildman–Crippen LogP) is 4.76. The van der Waals surface area contributed by atoms with E-state index in [0.29, 0.717) is 0 Å². The Balaban J connectivity index is 0.00000281. The fourth-order valence-electron chi connectivity index (χ4n) is 3.21. The molecule has 3 N–H and O–H groups in total. The lowest BCUT2D eigenvalue weighted by atomic mass is 10.0. The number of hydrogen-bond acceptors (Lipinski definition) is 4. The normalized spacial score (nSPS) is 13.8. The molecule has 2 heterocycles. The van der Waals surface area contributed by atoms with E-state index >= 15 is 0 Å². The summed E-state index contributed by atoms with van der Waals surface area (Å²) in [5.74, 6) is 0.675. The molecule has 0 aliphatic heterocycles. The van der Waals surface area contributed by atoms with Crippen LogP contribution in [-0.4, -0.2) is 36.8 Å². The van der Waals surface area contributed by atoms with Gasteiger partial charge in [0, 0.05) is 36.6 Å². The number of nitrogens with two attached hydrogens (primary N) is 1. The molecule has 0 fully saturated rings. The minimum absolute atomic E-state index is 0.0553. The van der Waals surface area contributed by atoms with Crippen LogP contribution in [-0.2, 0) is 23.9 Å². The van der Waals surface area contributed by atoms with Crippen molar-refractivity contribution in [1.82, 2.24) is 24.6 Å². The van der Waals surface area contributed by atoms with Gasteiger partial charge in [-0.05, 0) is 26.3 Å². The largest absolute Gasteiger partial charge is 0.419 e. The van der Waals surface area contributed by atoms with Gasteiger partial charge in [0.2, 0.25) is 5.91 Å². The smallest absolute Gasteiger partial charge is 0.348 e. The number of nitrogens with one attached hydrogen (secondary N) is 1. The Bertz CT molecular complexity index is 958. The zero-order valence-corrected chi connectivity index (χ0v) is 20.9. The van der Waals surface area contributed by atoms with Crippen LogP contribution in [0.1, 0.15) is 71.0 Å². The Morgan fingerprint density at radius 3 is 2.47 bits per heavy atom. The zero-order chi connectivity index (χ0) is 26.1. The summed E-state index contributed by atoms with van der Waals surface area (Å²) in [6.45, 7) is 15.3. The van der Waals surface area contributed by atoms with Crippen molar-refractivity contribution >= 4 is 12.1 Å². The van der Waals surface area contributed by atoms with E-state index in [-0.39, 0.29) is 18.9 Å². The first-order valence-electron chi connectivity index (χ1n) is 11.4. The molecule has 0 saturated carbocycles. The van der Waals surface area contributed by atoms with Gasteiger partial charge in [-0.25, -0.2) is 4.98 Å². The highest BCUT2D eigenvalue weighted by atomic mass is 19.4. The van der Waals surface area contributed by atoms with Crippen molar-refractivity contribution in [1.29, 1.82) is 0 Å². The number of carbonyl (C=O) groups excluding carboxylic acids is 1. The fourth-order valence-corrected chi connectivity index (χ4v) is 3.21. The molecule has 1 amide bonds. The number of carbonyl (C=O) groups is 1. The third kappa shape index (κ3) is 8.16. The van der Waals surface area contributed by atoms with Crippen LogP contribution in [0.15, 0.2) is 37.3 Å². The van der Waals surface area contributed by atoms with E-state index in [2.05, 4.69) is 35.8 Å². The van der Waals surface area contributed by atoms with Crippen molar-refractivity contribution in [3.05, 3.63) is 54.4 Å². The number of rotatable bonds is 10. The van der Waals surface area contributed by atoms with Gasteiger partial charge in [0.05, 0.1) is 29.9 Å². The van der Waals surface area contributed by atoms with E-state index < -0.39 is 29.2 Å². The van der Waals surface area contributed by atoms with E-state index in [0.717, 1.165) is 35.0 Å². The first-order valence-corrected chi connectivity index (χ1v) is 11.4. The van der Waals surface area contributed by atoms with Crippen molar-refractivity contribution in [2.75, 3.05) is 0 Å². The van der Waals surface area contributed by atoms with Gasteiger partial charge >= 0.3 is 6.18 Å². The molecule has 1 unspecified atom stereocenters. The van der Waals surface area contributed by atoms with Gasteiger partial charge in [-0.2, -0.15) is 18.3 Å². The molecule has 2 atom stereocenters. The van der Waals surface area contributed by atoms with Gasteiger partial charge < -0.3 is 15.6 Å². The lowest BCUT2D eigenvalue weighted by molar-refractivity contribution is -0.137. The third-order valence-electron chi connectivity index (χ3n) is 5.07. The Hall–Kier alpha value is -2.88. The molecule has 2 aromatic heterocycles. The average molecular weight is 483 g/mol. The molecule has 0 radical (unpaired) electrons. The van der Waals surface area contributed by atoms with Crippen LogP contribution in [0.4, 0.5) is 13.2 Å². The summed E-state index contributed by atoms with van der Waals surface area (Å²) in [6.07, 6.45) is 5.33. The second-order valence-corrected chi connectivity index (χ2v) is 8.47. The summed E-state index contributed by atoms with van der Waals surface area (Å²) in [6, 6.07) is -0.866. The van der Waals surface area contributed by atoms with Crippen LogP contribution < -0.4 is 11.1 Å². The second kappa shape index (κ2) is 12.5. The summed E-state index contributed by atoms with van der Waals surface area (Å²) < 4.78 is 41.4. The summed E-state index contributed by atoms with van der Waals surface area (Å²) in [5.41, 5.74) is 5.23. The maximum absolute atomic E-state index is 12.8. The summed E-state index contributed by atoms with van der Waals surface area (Å²) >= 11 is 0. The van der Waals surface area contributed by atoms with Crippen molar-refractivity contribution in [3.63, 3.8) is 0 Å². The van der Waals surface area contributed by atoms with Gasteiger partial charge in [0.25, 0.3) is 0 Å². The first-order chi connectivity index (χ1) is 15.9. The maximum atomic E-state index is 12.8. The number of imidazole rings is 1. The van der Waals surface area contributed by atoms with Crippen molar-refractivity contribution < 1.29 is 18.0 Å². The van der Waals surface area contributed by atoms with Gasteiger partial charge in [0.1, 0.15) is 5.82 Å². The molecule has 190 valence electrons. The molecule has 0 aromatic carbocycles. The highest BCUT2D eigenvalue weighted by molar-refractivity contribution is 5.82. The predicted molar refractivity (Wildman–Crippen MR) is 129 cm³/mol. The van der Waals surface area contributed by atoms with Crippen LogP contribution in [0.25, 0.3) is 6.20 Å². The van der Waals surface area contributed by atoms with Crippen LogP contribution in [0.5, 0.6) is 0 Å². The lowest BCUT2D eigenvalue weighted by Gasteiger charge is -2.28. The second-order valence-electron chi connectivity index (χ2n) is 8.47. The molecule has 2 aromatic rings. The van der Waals surface area contributed by atoms with Crippen LogP contribution in [0.2, 0.25) is 0 Å². The van der Waals surface area contributed by atoms with Crippen LogP contribution in [0.3, 0.4) is 0 Å². The Morgan fingerprint density at radius 1 is 1.29 bits per heavy atom. The molecule has 0 aliphatic rings. The quantitative estimate of drug-likeness (QED) is 0.478. The van der Waals surface area contributed by atoms with E-state index in [1.54, 1.807) is 32.2 Å². The molecule has 2 rings (SSSR count).